The van der Waals surface area contributed by atoms with Gasteiger partial charge in [0.2, 0.25) is 0 Å². The summed E-state index contributed by atoms with van der Waals surface area (Å²) in [5, 5.41) is 0. The van der Waals surface area contributed by atoms with Crippen LogP contribution in [0.2, 0.25) is 0 Å². The zero-order chi connectivity index (χ0) is 9.56. The van der Waals surface area contributed by atoms with Gasteiger partial charge in [0.25, 0.3) is 0 Å². The van der Waals surface area contributed by atoms with Crippen molar-refractivity contribution in [3.63, 3.8) is 0 Å². The summed E-state index contributed by atoms with van der Waals surface area (Å²) in [5.74, 6) is 0. The van der Waals surface area contributed by atoms with Crippen LogP contribution in [0.1, 0.15) is 0 Å². The normalized spacial score (nSPS) is 12.3. The van der Waals surface area contributed by atoms with E-state index in [2.05, 4.69) is 16.1 Å². The number of carbonyl (C=O) groups excluding carboxylic acids is 1. The molecule has 3 nitrogen and oxygen atoms in total. The molecule has 0 spiro atoms. The summed E-state index contributed by atoms with van der Waals surface area (Å²) in [6, 6.07) is 0. The Hall–Kier alpha value is -1.20. The fourth-order valence-electron chi connectivity index (χ4n) is 0.304. The molecule has 0 saturated carbocycles. The number of hydrogen-bond donors (Lipinski definition) is 0. The van der Waals surface area contributed by atoms with Crippen LogP contribution in [0.15, 0.2) is 12.7 Å². The first-order valence-electron chi connectivity index (χ1n) is 2.94. The number of carbonyl (C=O) groups is 1. The van der Waals surface area contributed by atoms with E-state index in [1.165, 1.54) is 6.08 Å². The fraction of sp³-hybridized carbons (Fsp3) is 0.500. The summed E-state index contributed by atoms with van der Waals surface area (Å²) in [5.41, 5.74) is 0. The highest BCUT2D eigenvalue weighted by Gasteiger charge is 2.23. The molecular formula is C6H7F3O3. The monoisotopic (exact) mass is 184 g/mol. The second-order valence-corrected chi connectivity index (χ2v) is 1.65. The average Bonchev–Trinajstić information content (AvgIpc) is 2.00. The van der Waals surface area contributed by atoms with Crippen molar-refractivity contribution in [2.45, 2.75) is 12.8 Å². The summed E-state index contributed by atoms with van der Waals surface area (Å²) < 4.78 is 42.2. The van der Waals surface area contributed by atoms with Crippen LogP contribution in [0.25, 0.3) is 0 Å². The van der Waals surface area contributed by atoms with Gasteiger partial charge < -0.3 is 9.47 Å². The van der Waals surface area contributed by atoms with E-state index in [9.17, 15) is 18.0 Å². The van der Waals surface area contributed by atoms with Crippen LogP contribution in [-0.4, -0.2) is 25.5 Å². The predicted molar refractivity (Wildman–Crippen MR) is 33.5 cm³/mol. The minimum Gasteiger partial charge on any atom is -0.430 e. The lowest BCUT2D eigenvalue weighted by Crippen LogP contribution is -2.21. The van der Waals surface area contributed by atoms with Gasteiger partial charge in [0.1, 0.15) is 6.61 Å². The Labute approximate surface area is 66.8 Å². The lowest BCUT2D eigenvalue weighted by Gasteiger charge is -2.07. The van der Waals surface area contributed by atoms with E-state index in [0.717, 1.165) is 0 Å². The summed E-state index contributed by atoms with van der Waals surface area (Å²) in [6.07, 6.45) is -6.59. The number of alkyl halides is 3. The zero-order valence-corrected chi connectivity index (χ0v) is 6.00. The number of ether oxygens (including phenoxy) is 2. The van der Waals surface area contributed by atoms with Gasteiger partial charge in [-0.25, -0.2) is 13.6 Å². The van der Waals surface area contributed by atoms with Crippen molar-refractivity contribution in [1.82, 2.24) is 0 Å². The topological polar surface area (TPSA) is 35.5 Å². The highest BCUT2D eigenvalue weighted by Crippen LogP contribution is 2.07. The quantitative estimate of drug-likeness (QED) is 0.494. The van der Waals surface area contributed by atoms with Gasteiger partial charge in [-0.2, -0.15) is 4.39 Å². The third-order valence-electron chi connectivity index (χ3n) is 0.726. The SMILES string of the molecule is C=CCOC(=O)OC(F)C(F)F. The minimum atomic E-state index is -3.36. The minimum absolute atomic E-state index is 0.214. The van der Waals surface area contributed by atoms with Gasteiger partial charge in [0.15, 0.2) is 0 Å². The number of hydrogen-bond acceptors (Lipinski definition) is 3. The molecule has 0 amide bonds. The summed E-state index contributed by atoms with van der Waals surface area (Å²) in [7, 11) is 0. The molecule has 0 aromatic heterocycles. The molecule has 0 aliphatic carbocycles. The van der Waals surface area contributed by atoms with E-state index >= 15 is 0 Å². The second kappa shape index (κ2) is 5.45. The molecule has 0 heterocycles. The van der Waals surface area contributed by atoms with E-state index < -0.39 is 18.9 Å². The molecule has 0 rings (SSSR count). The van der Waals surface area contributed by atoms with Crippen molar-refractivity contribution < 1.29 is 27.4 Å². The molecule has 1 unspecified atom stereocenters. The molecule has 0 bridgehead atoms. The van der Waals surface area contributed by atoms with Crippen LogP contribution in [-0.2, 0) is 9.47 Å². The molecule has 70 valence electrons. The maximum absolute atomic E-state index is 11.9. The van der Waals surface area contributed by atoms with Crippen LogP contribution in [0.4, 0.5) is 18.0 Å². The van der Waals surface area contributed by atoms with Crippen molar-refractivity contribution in [1.29, 1.82) is 0 Å². The van der Waals surface area contributed by atoms with Crippen molar-refractivity contribution >= 4 is 6.16 Å². The van der Waals surface area contributed by atoms with Gasteiger partial charge in [-0.1, -0.05) is 12.7 Å². The van der Waals surface area contributed by atoms with Crippen LogP contribution in [0, 0.1) is 0 Å². The Morgan fingerprint density at radius 1 is 1.50 bits per heavy atom. The molecule has 0 N–H and O–H groups in total. The Balaban J connectivity index is 3.61. The Morgan fingerprint density at radius 2 is 2.08 bits per heavy atom. The van der Waals surface area contributed by atoms with Gasteiger partial charge >= 0.3 is 18.9 Å². The van der Waals surface area contributed by atoms with Crippen LogP contribution < -0.4 is 0 Å². The van der Waals surface area contributed by atoms with Gasteiger partial charge in [-0.15, -0.1) is 0 Å². The molecule has 0 aliphatic heterocycles. The van der Waals surface area contributed by atoms with E-state index in [0.29, 0.717) is 0 Å². The van der Waals surface area contributed by atoms with E-state index in [-0.39, 0.29) is 6.61 Å². The standard InChI is InChI=1S/C6H7F3O3/c1-2-3-11-6(10)12-5(9)4(7)8/h2,4-5H,1,3H2. The molecule has 0 fully saturated rings. The molecule has 12 heavy (non-hydrogen) atoms. The third kappa shape index (κ3) is 4.59. The van der Waals surface area contributed by atoms with Gasteiger partial charge in [0, 0.05) is 0 Å². The lowest BCUT2D eigenvalue weighted by atomic mass is 10.7. The first kappa shape index (κ1) is 10.8. The highest BCUT2D eigenvalue weighted by atomic mass is 19.3. The van der Waals surface area contributed by atoms with E-state index in [1.54, 1.807) is 0 Å². The summed E-state index contributed by atoms with van der Waals surface area (Å²) in [6.45, 7) is 2.96. The van der Waals surface area contributed by atoms with Gasteiger partial charge in [0.05, 0.1) is 0 Å². The van der Waals surface area contributed by atoms with E-state index in [4.69, 9.17) is 0 Å². The lowest BCUT2D eigenvalue weighted by molar-refractivity contribution is -0.108. The molecule has 0 aromatic rings. The predicted octanol–water partition coefficient (Wildman–Crippen LogP) is 1.89. The highest BCUT2D eigenvalue weighted by molar-refractivity contribution is 5.60. The van der Waals surface area contributed by atoms with Crippen LogP contribution in [0.3, 0.4) is 0 Å². The fourth-order valence-corrected chi connectivity index (χ4v) is 0.304. The molecule has 1 atom stereocenters. The maximum atomic E-state index is 11.9. The van der Waals surface area contributed by atoms with Crippen molar-refractivity contribution in [2.75, 3.05) is 6.61 Å². The summed E-state index contributed by atoms with van der Waals surface area (Å²) in [4.78, 5) is 10.3. The van der Waals surface area contributed by atoms with Crippen molar-refractivity contribution in [3.8, 4) is 0 Å². The van der Waals surface area contributed by atoms with Crippen molar-refractivity contribution in [2.24, 2.45) is 0 Å². The molecule has 0 saturated heterocycles. The Bertz CT molecular complexity index is 160. The first-order valence-corrected chi connectivity index (χ1v) is 2.94. The van der Waals surface area contributed by atoms with Crippen LogP contribution >= 0.6 is 0 Å². The molecule has 0 radical (unpaired) electrons. The largest absolute Gasteiger partial charge is 0.511 e. The first-order chi connectivity index (χ1) is 5.57. The smallest absolute Gasteiger partial charge is 0.430 e. The second-order valence-electron chi connectivity index (χ2n) is 1.65. The number of halogens is 3. The molecule has 0 aliphatic rings. The van der Waals surface area contributed by atoms with Gasteiger partial charge in [-0.05, 0) is 0 Å². The van der Waals surface area contributed by atoms with E-state index in [1.807, 2.05) is 0 Å². The molecule has 0 aromatic carbocycles. The maximum Gasteiger partial charge on any atom is 0.511 e. The average molecular weight is 184 g/mol. The Kier molecular flexibility index (Phi) is 4.91. The van der Waals surface area contributed by atoms with Crippen molar-refractivity contribution in [3.05, 3.63) is 12.7 Å². The molecular weight excluding hydrogens is 177 g/mol. The van der Waals surface area contributed by atoms with Crippen LogP contribution in [0.5, 0.6) is 0 Å². The summed E-state index contributed by atoms with van der Waals surface area (Å²) >= 11 is 0. The number of rotatable bonds is 4. The van der Waals surface area contributed by atoms with Gasteiger partial charge in [-0.3, -0.25) is 0 Å². The zero-order valence-electron chi connectivity index (χ0n) is 6.00. The molecule has 6 heteroatoms. The Morgan fingerprint density at radius 3 is 2.50 bits per heavy atom. The third-order valence-corrected chi connectivity index (χ3v) is 0.726.